The first kappa shape index (κ1) is 17.9. The summed E-state index contributed by atoms with van der Waals surface area (Å²) in [5.74, 6) is -1.31. The molecule has 1 spiro atoms. The first-order valence-corrected chi connectivity index (χ1v) is 8.62. The molecule has 3 rings (SSSR count). The number of benzene rings is 1. The molecule has 1 heterocycles. The predicted octanol–water partition coefficient (Wildman–Crippen LogP) is 0.0207. The number of aryl methyl sites for hydroxylation is 1. The summed E-state index contributed by atoms with van der Waals surface area (Å²) in [4.78, 5) is 49.8. The van der Waals surface area contributed by atoms with Gasteiger partial charge >= 0.3 is 6.03 Å². The number of nitrogens with zero attached hydrogens (tertiary/aromatic N) is 1. The van der Waals surface area contributed by atoms with Crippen molar-refractivity contribution >= 4 is 23.8 Å². The number of imide groups is 1. The highest BCUT2D eigenvalue weighted by Crippen LogP contribution is 2.41. The number of fused-ring (bicyclic) bond motifs is 2. The van der Waals surface area contributed by atoms with Gasteiger partial charge in [0, 0.05) is 6.04 Å². The first-order chi connectivity index (χ1) is 12.3. The average molecular weight is 358 g/mol. The van der Waals surface area contributed by atoms with Crippen molar-refractivity contribution in [1.82, 2.24) is 20.9 Å². The molecule has 3 N–H and O–H groups in total. The van der Waals surface area contributed by atoms with E-state index in [0.29, 0.717) is 12.8 Å². The maximum Gasteiger partial charge on any atom is 0.325 e. The van der Waals surface area contributed by atoms with E-state index in [-0.39, 0.29) is 18.5 Å². The maximum atomic E-state index is 12.9. The van der Waals surface area contributed by atoms with E-state index in [9.17, 15) is 19.2 Å². The van der Waals surface area contributed by atoms with E-state index < -0.39 is 29.9 Å². The first-order valence-electron chi connectivity index (χ1n) is 8.62. The number of carbonyl (C=O) groups is 4. The van der Waals surface area contributed by atoms with Gasteiger partial charge in [-0.1, -0.05) is 24.3 Å². The van der Waals surface area contributed by atoms with Crippen LogP contribution in [0.25, 0.3) is 0 Å². The van der Waals surface area contributed by atoms with Crippen molar-refractivity contribution in [3.05, 3.63) is 35.4 Å². The number of urea groups is 1. The quantitative estimate of drug-likeness (QED) is 0.645. The van der Waals surface area contributed by atoms with Crippen molar-refractivity contribution < 1.29 is 19.2 Å². The normalized spacial score (nSPS) is 21.1. The monoisotopic (exact) mass is 358 g/mol. The van der Waals surface area contributed by atoms with E-state index in [1.807, 2.05) is 38.1 Å². The van der Waals surface area contributed by atoms with Crippen molar-refractivity contribution in [2.45, 2.75) is 38.3 Å². The number of hydrogen-bond donors (Lipinski definition) is 3. The highest BCUT2D eigenvalue weighted by molar-refractivity contribution is 6.10. The number of amides is 5. The predicted molar refractivity (Wildman–Crippen MR) is 93.0 cm³/mol. The lowest BCUT2D eigenvalue weighted by molar-refractivity contribution is -0.135. The van der Waals surface area contributed by atoms with Crippen LogP contribution in [0.2, 0.25) is 0 Å². The molecule has 0 bridgehead atoms. The van der Waals surface area contributed by atoms with Gasteiger partial charge in [0.25, 0.3) is 5.91 Å². The second-order valence-electron chi connectivity index (χ2n) is 6.88. The van der Waals surface area contributed by atoms with Crippen LogP contribution in [0, 0.1) is 0 Å². The number of nitrogens with one attached hydrogen (secondary N) is 3. The van der Waals surface area contributed by atoms with Crippen molar-refractivity contribution in [3.63, 3.8) is 0 Å². The Morgan fingerprint density at radius 1 is 1.23 bits per heavy atom. The Balaban J connectivity index is 1.65. The minimum atomic E-state index is -1.08. The van der Waals surface area contributed by atoms with Crippen LogP contribution in [0.5, 0.6) is 0 Å². The second-order valence-corrected chi connectivity index (χ2v) is 6.88. The Morgan fingerprint density at radius 2 is 1.96 bits per heavy atom. The number of carbonyl (C=O) groups excluding carboxylic acids is 4. The summed E-state index contributed by atoms with van der Waals surface area (Å²) in [5, 5.41) is 7.84. The summed E-state index contributed by atoms with van der Waals surface area (Å²) in [6, 6.07) is 6.87. The molecular formula is C18H22N4O4. The lowest BCUT2D eigenvalue weighted by atomic mass is 9.92. The van der Waals surface area contributed by atoms with Gasteiger partial charge < -0.3 is 16.0 Å². The molecule has 138 valence electrons. The molecule has 1 aliphatic heterocycles. The topological polar surface area (TPSA) is 108 Å². The van der Waals surface area contributed by atoms with Gasteiger partial charge in [0.15, 0.2) is 0 Å². The minimum Gasteiger partial charge on any atom is -0.352 e. The fraction of sp³-hybridized carbons (Fsp3) is 0.444. The Morgan fingerprint density at radius 3 is 2.69 bits per heavy atom. The molecule has 8 nitrogen and oxygen atoms in total. The highest BCUT2D eigenvalue weighted by Gasteiger charge is 2.55. The van der Waals surface area contributed by atoms with Gasteiger partial charge in [0.1, 0.15) is 12.1 Å². The fourth-order valence-electron chi connectivity index (χ4n) is 3.48. The van der Waals surface area contributed by atoms with Crippen molar-refractivity contribution in [3.8, 4) is 0 Å². The highest BCUT2D eigenvalue weighted by atomic mass is 16.2. The van der Waals surface area contributed by atoms with Crippen molar-refractivity contribution in [1.29, 1.82) is 0 Å². The van der Waals surface area contributed by atoms with E-state index in [1.54, 1.807) is 0 Å². The Bertz CT molecular complexity index is 776. The van der Waals surface area contributed by atoms with Crippen LogP contribution < -0.4 is 16.0 Å². The van der Waals surface area contributed by atoms with Crippen LogP contribution in [0.4, 0.5) is 4.79 Å². The van der Waals surface area contributed by atoms with Gasteiger partial charge in [-0.05, 0) is 37.8 Å². The van der Waals surface area contributed by atoms with Crippen LogP contribution in [-0.2, 0) is 26.3 Å². The van der Waals surface area contributed by atoms with Gasteiger partial charge in [-0.2, -0.15) is 0 Å². The van der Waals surface area contributed by atoms with Gasteiger partial charge in [0.05, 0.1) is 6.54 Å². The third kappa shape index (κ3) is 3.14. The third-order valence-electron chi connectivity index (χ3n) is 4.62. The van der Waals surface area contributed by atoms with Gasteiger partial charge in [-0.25, -0.2) is 4.79 Å². The number of hydrogen-bond acceptors (Lipinski definition) is 4. The lowest BCUT2D eigenvalue weighted by Crippen LogP contribution is -2.46. The van der Waals surface area contributed by atoms with Gasteiger partial charge in [-0.15, -0.1) is 0 Å². The minimum absolute atomic E-state index is 0.0346. The smallest absolute Gasteiger partial charge is 0.325 e. The van der Waals surface area contributed by atoms with Gasteiger partial charge in [-0.3, -0.25) is 19.3 Å². The Kier molecular flexibility index (Phi) is 4.67. The molecule has 26 heavy (non-hydrogen) atoms. The zero-order chi connectivity index (χ0) is 18.9. The maximum absolute atomic E-state index is 12.9. The lowest BCUT2D eigenvalue weighted by Gasteiger charge is -2.22. The van der Waals surface area contributed by atoms with E-state index in [1.165, 1.54) is 0 Å². The average Bonchev–Trinajstić information content (AvgIpc) is 3.07. The SMILES string of the molecule is CC(C)NC(=O)CNC(=O)CN1C(=O)N[C@@]2(CCc3ccccc32)C1=O. The molecule has 1 aromatic rings. The van der Waals surface area contributed by atoms with Crippen LogP contribution in [-0.4, -0.2) is 47.8 Å². The van der Waals surface area contributed by atoms with E-state index in [4.69, 9.17) is 0 Å². The summed E-state index contributed by atoms with van der Waals surface area (Å²) in [7, 11) is 0. The molecule has 8 heteroatoms. The van der Waals surface area contributed by atoms with Crippen LogP contribution in [0.15, 0.2) is 24.3 Å². The molecule has 0 radical (unpaired) electrons. The van der Waals surface area contributed by atoms with Crippen LogP contribution in [0.1, 0.15) is 31.4 Å². The number of rotatable bonds is 5. The second kappa shape index (κ2) is 6.78. The van der Waals surface area contributed by atoms with Crippen LogP contribution in [0.3, 0.4) is 0 Å². The molecule has 1 fully saturated rings. The van der Waals surface area contributed by atoms with E-state index in [0.717, 1.165) is 16.0 Å². The van der Waals surface area contributed by atoms with E-state index >= 15 is 0 Å². The molecule has 2 aliphatic rings. The molecule has 0 saturated carbocycles. The molecule has 5 amide bonds. The fourth-order valence-corrected chi connectivity index (χ4v) is 3.48. The Labute approximate surface area is 151 Å². The van der Waals surface area contributed by atoms with Crippen molar-refractivity contribution in [2.24, 2.45) is 0 Å². The summed E-state index contributed by atoms with van der Waals surface area (Å²) in [5.41, 5.74) is 0.735. The summed E-state index contributed by atoms with van der Waals surface area (Å²) in [6.07, 6.45) is 1.17. The van der Waals surface area contributed by atoms with Gasteiger partial charge in [0.2, 0.25) is 11.8 Å². The molecular weight excluding hydrogens is 336 g/mol. The van der Waals surface area contributed by atoms with Crippen LogP contribution >= 0.6 is 0 Å². The largest absolute Gasteiger partial charge is 0.352 e. The Hall–Kier alpha value is -2.90. The standard InChI is InChI=1S/C18H22N4O4/c1-11(2)20-14(23)9-19-15(24)10-22-16(25)18(21-17(22)26)8-7-12-5-3-4-6-13(12)18/h3-6,11H,7-10H2,1-2H3,(H,19,24)(H,20,23)(H,21,26)/t18-/m1/s1. The van der Waals surface area contributed by atoms with E-state index in [2.05, 4.69) is 16.0 Å². The summed E-state index contributed by atoms with van der Waals surface area (Å²) >= 11 is 0. The molecule has 0 unspecified atom stereocenters. The molecule has 1 saturated heterocycles. The molecule has 1 aliphatic carbocycles. The zero-order valence-corrected chi connectivity index (χ0v) is 14.8. The molecule has 0 aromatic heterocycles. The third-order valence-corrected chi connectivity index (χ3v) is 4.62. The zero-order valence-electron chi connectivity index (χ0n) is 14.8. The summed E-state index contributed by atoms with van der Waals surface area (Å²) in [6.45, 7) is 3.01. The van der Waals surface area contributed by atoms with Crippen molar-refractivity contribution in [2.75, 3.05) is 13.1 Å². The summed E-state index contributed by atoms with van der Waals surface area (Å²) < 4.78 is 0. The molecule has 1 atom stereocenters. The molecule has 1 aromatic carbocycles.